The zero-order valence-corrected chi connectivity index (χ0v) is 14.3. The van der Waals surface area contributed by atoms with Crippen LogP contribution in [0.2, 0.25) is 0 Å². The Hall–Kier alpha value is -2.28. The first kappa shape index (κ1) is 17.1. The van der Waals surface area contributed by atoms with Crippen LogP contribution in [0.4, 0.5) is 14.5 Å². The number of nitrogens with one attached hydrogen (secondary N) is 1. The van der Waals surface area contributed by atoms with Crippen molar-refractivity contribution >= 4 is 11.6 Å². The quantitative estimate of drug-likeness (QED) is 0.908. The zero-order chi connectivity index (χ0) is 18.1. The maximum Gasteiger partial charge on any atom is 0.329 e. The van der Waals surface area contributed by atoms with Crippen molar-refractivity contribution in [2.24, 2.45) is 5.92 Å². The van der Waals surface area contributed by atoms with E-state index < -0.39 is 17.7 Å². The van der Waals surface area contributed by atoms with Crippen molar-refractivity contribution in [1.82, 2.24) is 9.55 Å². The number of aromatic nitrogens is 2. The van der Waals surface area contributed by atoms with E-state index in [9.17, 15) is 13.6 Å². The maximum atomic E-state index is 14.2. The summed E-state index contributed by atoms with van der Waals surface area (Å²) in [5, 5.41) is 2.34. The van der Waals surface area contributed by atoms with Crippen LogP contribution < -0.4 is 5.32 Å². The number of carbonyl (C=O) groups is 1. The van der Waals surface area contributed by atoms with Crippen molar-refractivity contribution in [2.75, 3.05) is 18.5 Å². The number of imidazole rings is 1. The van der Waals surface area contributed by atoms with Crippen molar-refractivity contribution in [2.45, 2.75) is 37.6 Å². The van der Waals surface area contributed by atoms with E-state index in [4.69, 9.17) is 4.74 Å². The van der Waals surface area contributed by atoms with Gasteiger partial charge < -0.3 is 14.6 Å². The van der Waals surface area contributed by atoms with Crippen molar-refractivity contribution in [1.29, 1.82) is 0 Å². The van der Waals surface area contributed by atoms with Gasteiger partial charge in [0.25, 0.3) is 5.91 Å². The number of alkyl halides is 2. The molecule has 0 aliphatic carbocycles. The van der Waals surface area contributed by atoms with Crippen LogP contribution in [0.5, 0.6) is 0 Å². The average Bonchev–Trinajstić information content (AvgIpc) is 3.34. The van der Waals surface area contributed by atoms with E-state index in [1.165, 1.54) is 5.69 Å². The van der Waals surface area contributed by atoms with Crippen molar-refractivity contribution in [3.8, 4) is 0 Å². The van der Waals surface area contributed by atoms with Gasteiger partial charge in [0.2, 0.25) is 0 Å². The van der Waals surface area contributed by atoms with Crippen molar-refractivity contribution in [3.63, 3.8) is 0 Å². The molecule has 138 valence electrons. The van der Waals surface area contributed by atoms with E-state index in [1.807, 2.05) is 24.7 Å². The van der Waals surface area contributed by atoms with Crippen LogP contribution in [-0.4, -0.2) is 34.6 Å². The molecular formula is C19H21F2N3O2. The Morgan fingerprint density at radius 2 is 2.08 bits per heavy atom. The van der Waals surface area contributed by atoms with Crippen LogP contribution in [0, 0.1) is 5.92 Å². The number of ether oxygens (including phenoxy) is 1. The molecule has 2 atom stereocenters. The molecule has 1 fully saturated rings. The number of hydrogen-bond donors (Lipinski definition) is 1. The molecule has 1 N–H and O–H groups in total. The van der Waals surface area contributed by atoms with E-state index >= 15 is 0 Å². The number of nitrogens with zero attached hydrogens (tertiary/aromatic N) is 2. The molecule has 2 aliphatic heterocycles. The minimum Gasteiger partial charge on any atom is -0.381 e. The van der Waals surface area contributed by atoms with Gasteiger partial charge in [0, 0.05) is 36.6 Å². The Morgan fingerprint density at radius 1 is 1.27 bits per heavy atom. The largest absolute Gasteiger partial charge is 0.381 e. The normalized spacial score (nSPS) is 22.8. The van der Waals surface area contributed by atoms with Gasteiger partial charge in [-0.05, 0) is 37.0 Å². The second-order valence-electron chi connectivity index (χ2n) is 6.97. The molecule has 1 amide bonds. The summed E-state index contributed by atoms with van der Waals surface area (Å²) in [5.41, 5.74) is 2.64. The summed E-state index contributed by atoms with van der Waals surface area (Å²) >= 11 is 0. The number of benzene rings is 1. The van der Waals surface area contributed by atoms with Crippen LogP contribution in [0.3, 0.4) is 0 Å². The van der Waals surface area contributed by atoms with Crippen LogP contribution >= 0.6 is 0 Å². The molecule has 7 heteroatoms. The molecule has 4 rings (SSSR count). The van der Waals surface area contributed by atoms with Crippen LogP contribution in [-0.2, 0) is 16.1 Å². The molecule has 0 saturated carbocycles. The zero-order valence-electron chi connectivity index (χ0n) is 14.3. The molecule has 0 bridgehead atoms. The third kappa shape index (κ3) is 3.11. The van der Waals surface area contributed by atoms with E-state index in [0.29, 0.717) is 5.69 Å². The fourth-order valence-corrected chi connectivity index (χ4v) is 3.78. The topological polar surface area (TPSA) is 56.2 Å². The van der Waals surface area contributed by atoms with Gasteiger partial charge in [0.15, 0.2) is 0 Å². The SMILES string of the molecule is O=C(Nc1ccc([C@H]2CCCn3cncc32)cc1)C(F)(F)[C@@H]1CCOC1. The smallest absolute Gasteiger partial charge is 0.329 e. The number of amides is 1. The summed E-state index contributed by atoms with van der Waals surface area (Å²) in [4.78, 5) is 16.2. The van der Waals surface area contributed by atoms with Gasteiger partial charge in [0.1, 0.15) is 0 Å². The van der Waals surface area contributed by atoms with Gasteiger partial charge in [-0.15, -0.1) is 0 Å². The summed E-state index contributed by atoms with van der Waals surface area (Å²) in [6.45, 7) is 1.18. The molecule has 2 aliphatic rings. The molecule has 5 nitrogen and oxygen atoms in total. The standard InChI is InChI=1S/C19H21F2N3O2/c20-19(21,14-7-9-26-11-14)18(25)23-15-5-3-13(4-6-15)16-2-1-8-24-12-22-10-17(16)24/h3-6,10,12,14,16H,1-2,7-9,11H2,(H,23,25)/t14-,16-/m1/s1. The monoisotopic (exact) mass is 361 g/mol. The molecule has 26 heavy (non-hydrogen) atoms. The van der Waals surface area contributed by atoms with E-state index in [-0.39, 0.29) is 25.6 Å². The third-order valence-electron chi connectivity index (χ3n) is 5.31. The van der Waals surface area contributed by atoms with Gasteiger partial charge in [-0.2, -0.15) is 8.78 Å². The fourth-order valence-electron chi connectivity index (χ4n) is 3.78. The third-order valence-corrected chi connectivity index (χ3v) is 5.31. The summed E-state index contributed by atoms with van der Waals surface area (Å²) in [7, 11) is 0. The first-order chi connectivity index (χ1) is 12.6. The lowest BCUT2D eigenvalue weighted by molar-refractivity contribution is -0.147. The van der Waals surface area contributed by atoms with E-state index in [2.05, 4.69) is 14.9 Å². The molecule has 1 aromatic heterocycles. The van der Waals surface area contributed by atoms with Gasteiger partial charge in [-0.3, -0.25) is 4.79 Å². The number of halogens is 2. The van der Waals surface area contributed by atoms with E-state index in [0.717, 1.165) is 24.9 Å². The van der Waals surface area contributed by atoms with Crippen LogP contribution in [0.25, 0.3) is 0 Å². The minimum absolute atomic E-state index is 0.0747. The van der Waals surface area contributed by atoms with Crippen LogP contribution in [0.15, 0.2) is 36.8 Å². The molecule has 0 spiro atoms. The Bertz CT molecular complexity index is 782. The first-order valence-corrected chi connectivity index (χ1v) is 8.92. The summed E-state index contributed by atoms with van der Waals surface area (Å²) in [6.07, 6.45) is 6.02. The van der Waals surface area contributed by atoms with Gasteiger partial charge >= 0.3 is 5.92 Å². The number of hydrogen-bond acceptors (Lipinski definition) is 3. The highest BCUT2D eigenvalue weighted by atomic mass is 19.3. The maximum absolute atomic E-state index is 14.2. The van der Waals surface area contributed by atoms with Gasteiger partial charge in [-0.25, -0.2) is 4.98 Å². The van der Waals surface area contributed by atoms with E-state index in [1.54, 1.807) is 12.1 Å². The molecule has 1 aromatic carbocycles. The Morgan fingerprint density at radius 3 is 2.81 bits per heavy atom. The van der Waals surface area contributed by atoms with Gasteiger partial charge in [0.05, 0.1) is 18.9 Å². The molecule has 2 aromatic rings. The van der Waals surface area contributed by atoms with Crippen molar-refractivity contribution < 1.29 is 18.3 Å². The number of fused-ring (bicyclic) bond motifs is 1. The Labute approximate surface area is 150 Å². The summed E-state index contributed by atoms with van der Waals surface area (Å²) in [6, 6.07) is 7.15. The highest BCUT2D eigenvalue weighted by molar-refractivity contribution is 5.96. The number of aryl methyl sites for hydroxylation is 1. The lowest BCUT2D eigenvalue weighted by atomic mass is 9.89. The molecule has 3 heterocycles. The predicted octanol–water partition coefficient (Wildman–Crippen LogP) is 3.42. The fraction of sp³-hybridized carbons (Fsp3) is 0.474. The second-order valence-corrected chi connectivity index (χ2v) is 6.97. The Balaban J connectivity index is 1.46. The number of anilines is 1. The molecule has 0 unspecified atom stereocenters. The lowest BCUT2D eigenvalue weighted by Gasteiger charge is -2.25. The summed E-state index contributed by atoms with van der Waals surface area (Å²) < 4.78 is 35.5. The molecule has 0 radical (unpaired) electrons. The molecule has 1 saturated heterocycles. The predicted molar refractivity (Wildman–Crippen MR) is 92.2 cm³/mol. The Kier molecular flexibility index (Phi) is 4.48. The van der Waals surface area contributed by atoms with Gasteiger partial charge in [-0.1, -0.05) is 12.1 Å². The lowest BCUT2D eigenvalue weighted by Crippen LogP contribution is -2.41. The highest BCUT2D eigenvalue weighted by Gasteiger charge is 2.48. The summed E-state index contributed by atoms with van der Waals surface area (Å²) in [5.74, 6) is -5.50. The van der Waals surface area contributed by atoms with Crippen molar-refractivity contribution in [3.05, 3.63) is 48.0 Å². The molecular weight excluding hydrogens is 340 g/mol. The minimum atomic E-state index is -3.43. The first-order valence-electron chi connectivity index (χ1n) is 8.92. The van der Waals surface area contributed by atoms with Crippen LogP contribution in [0.1, 0.15) is 36.4 Å². The second kappa shape index (κ2) is 6.79. The highest BCUT2D eigenvalue weighted by Crippen LogP contribution is 2.35. The average molecular weight is 361 g/mol. The number of rotatable bonds is 4. The number of carbonyl (C=O) groups excluding carboxylic acids is 1.